The monoisotopic (exact) mass is 648 g/mol. The van der Waals surface area contributed by atoms with Crippen LogP contribution in [0.15, 0.2) is 72.3 Å². The molecule has 6 aromatic rings. The molecule has 218 valence electrons. The van der Waals surface area contributed by atoms with Crippen LogP contribution in [0.4, 0.5) is 11.4 Å². The Bertz CT molecular complexity index is 2150. The topological polar surface area (TPSA) is 64.3 Å². The molecule has 8 heteroatoms. The second kappa shape index (κ2) is 10.7. The highest BCUT2D eigenvalue weighted by molar-refractivity contribution is 7.40. The van der Waals surface area contributed by atoms with Crippen molar-refractivity contribution in [1.82, 2.24) is 0 Å². The van der Waals surface area contributed by atoms with Crippen LogP contribution in [0.2, 0.25) is 0 Å². The molecule has 4 nitrogen and oxygen atoms in total. The van der Waals surface area contributed by atoms with E-state index in [1.54, 1.807) is 17.4 Å². The fraction of sp³-hybridized carbons (Fsp3) is 0.222. The van der Waals surface area contributed by atoms with Gasteiger partial charge in [0.2, 0.25) is 0 Å². The van der Waals surface area contributed by atoms with Crippen molar-refractivity contribution in [3.8, 4) is 26.3 Å². The second-order valence-corrected chi connectivity index (χ2v) is 16.2. The Labute approximate surface area is 271 Å². The molecule has 0 saturated heterocycles. The van der Waals surface area contributed by atoms with Gasteiger partial charge in [0.1, 0.15) is 11.6 Å². The van der Waals surface area contributed by atoms with Gasteiger partial charge in [-0.15, -0.1) is 45.3 Å². The van der Waals surface area contributed by atoms with Crippen molar-refractivity contribution in [2.45, 2.75) is 45.1 Å². The maximum atomic E-state index is 11.2. The molecule has 0 amide bonds. The number of fused-ring (bicyclic) bond motifs is 7. The number of anilines is 2. The summed E-state index contributed by atoms with van der Waals surface area (Å²) < 4.78 is 5.23. The van der Waals surface area contributed by atoms with Crippen molar-refractivity contribution in [3.05, 3.63) is 88.3 Å². The first-order valence-electron chi connectivity index (χ1n) is 14.8. The molecule has 5 heterocycles. The third-order valence-electron chi connectivity index (χ3n) is 9.21. The highest BCUT2D eigenvalue weighted by atomic mass is 32.1. The van der Waals surface area contributed by atoms with Crippen molar-refractivity contribution >= 4 is 87.6 Å². The van der Waals surface area contributed by atoms with Gasteiger partial charge in [0.05, 0.1) is 9.40 Å². The molecule has 3 atom stereocenters. The Balaban J connectivity index is 1.10. The maximum Gasteiger partial charge on any atom is 0.346 e. The van der Waals surface area contributed by atoms with Crippen molar-refractivity contribution in [2.24, 2.45) is 5.92 Å². The Hall–Kier alpha value is -3.74. The molecule has 1 fully saturated rings. The summed E-state index contributed by atoms with van der Waals surface area (Å²) in [5.74, 6) is 0.211. The summed E-state index contributed by atoms with van der Waals surface area (Å²) in [5, 5.41) is 18.3. The van der Waals surface area contributed by atoms with Crippen LogP contribution >= 0.6 is 45.3 Å². The van der Waals surface area contributed by atoms with Gasteiger partial charge < -0.3 is 10.0 Å². The van der Waals surface area contributed by atoms with Gasteiger partial charge in [0.15, 0.2) is 0 Å². The van der Waals surface area contributed by atoms with Crippen molar-refractivity contribution in [1.29, 1.82) is 5.26 Å². The molecule has 8 rings (SSSR count). The predicted octanol–water partition coefficient (Wildman–Crippen LogP) is 11.3. The molecule has 0 spiro atoms. The Morgan fingerprint density at radius 3 is 2.41 bits per heavy atom. The molecule has 2 aliphatic rings. The van der Waals surface area contributed by atoms with E-state index < -0.39 is 5.97 Å². The van der Waals surface area contributed by atoms with Gasteiger partial charge in [-0.3, -0.25) is 0 Å². The molecule has 3 unspecified atom stereocenters. The summed E-state index contributed by atoms with van der Waals surface area (Å²) in [6.45, 7) is 4.62. The molecule has 1 aliphatic heterocycles. The van der Waals surface area contributed by atoms with Gasteiger partial charge >= 0.3 is 5.97 Å². The van der Waals surface area contributed by atoms with E-state index in [0.29, 0.717) is 12.0 Å². The number of nitrogens with zero attached hydrogens (tertiary/aromatic N) is 2. The third-order valence-corrected chi connectivity index (χ3v) is 14.3. The normalized spacial score (nSPS) is 19.8. The lowest BCUT2D eigenvalue weighted by atomic mass is 9.94. The summed E-state index contributed by atoms with van der Waals surface area (Å²) in [7, 11) is 0. The van der Waals surface area contributed by atoms with Crippen LogP contribution in [0.5, 0.6) is 0 Å². The molecular formula is C36H28N2O2S4. The molecule has 1 N–H and O–H groups in total. The zero-order valence-electron chi connectivity index (χ0n) is 24.2. The predicted molar refractivity (Wildman–Crippen MR) is 188 cm³/mol. The summed E-state index contributed by atoms with van der Waals surface area (Å²) >= 11 is 6.99. The Kier molecular flexibility index (Phi) is 6.76. The van der Waals surface area contributed by atoms with Crippen LogP contribution < -0.4 is 4.90 Å². The number of aliphatic carboxylic acids is 1. The van der Waals surface area contributed by atoms with Crippen LogP contribution in [-0.2, 0) is 4.79 Å². The van der Waals surface area contributed by atoms with Crippen LogP contribution in [0, 0.1) is 24.2 Å². The van der Waals surface area contributed by atoms with E-state index in [1.165, 1.54) is 93.3 Å². The first kappa shape index (κ1) is 27.8. The van der Waals surface area contributed by atoms with Gasteiger partial charge in [-0.1, -0.05) is 24.3 Å². The maximum absolute atomic E-state index is 11.2. The minimum Gasteiger partial charge on any atom is -0.477 e. The first-order valence-corrected chi connectivity index (χ1v) is 18.0. The highest BCUT2D eigenvalue weighted by Crippen LogP contribution is 2.52. The standard InChI is InChI=1S/C36H28N2O2S4/c1-19-3-11-27-23-5-4-22(14-23)20(2)38(28(27)13-19)25-8-6-21(7-9-25)30-16-32-34(43-30)35-33(42-32)17-31(44-35)29-12-10-26(41-29)15-24(18-37)36(39)40/h3,6-13,15-17,20,22-23H,4-5,14H2,1-2H3,(H,39,40)/b24-15+. The SMILES string of the molecule is Cc1ccc2c(c1)N(c1ccc(-c3cc4sc5cc(-c6ccc(/C=C(\C#N)C(=O)O)s6)sc5c4s3)cc1)C(C)C1CCC2C1. The number of nitriles is 1. The number of carbonyl (C=O) groups is 1. The van der Waals surface area contributed by atoms with E-state index in [2.05, 4.69) is 73.3 Å². The van der Waals surface area contributed by atoms with Gasteiger partial charge in [-0.25, -0.2) is 4.79 Å². The smallest absolute Gasteiger partial charge is 0.346 e. The van der Waals surface area contributed by atoms with E-state index >= 15 is 0 Å². The van der Waals surface area contributed by atoms with E-state index in [-0.39, 0.29) is 5.57 Å². The van der Waals surface area contributed by atoms with Crippen LogP contribution in [-0.4, -0.2) is 17.1 Å². The number of hydrogen-bond acceptors (Lipinski definition) is 7. The van der Waals surface area contributed by atoms with Crippen molar-refractivity contribution in [2.75, 3.05) is 4.90 Å². The van der Waals surface area contributed by atoms with E-state index in [9.17, 15) is 9.90 Å². The fourth-order valence-corrected chi connectivity index (χ4v) is 12.0. The molecule has 2 bridgehead atoms. The number of rotatable bonds is 5. The number of hydrogen-bond donors (Lipinski definition) is 1. The van der Waals surface area contributed by atoms with Gasteiger partial charge in [0.25, 0.3) is 0 Å². The lowest BCUT2D eigenvalue weighted by Gasteiger charge is -2.36. The number of carboxylic acid groups (broad SMARTS) is 1. The Morgan fingerprint density at radius 1 is 0.909 bits per heavy atom. The van der Waals surface area contributed by atoms with Crippen LogP contribution in [0.3, 0.4) is 0 Å². The number of aryl methyl sites for hydroxylation is 1. The molecule has 1 saturated carbocycles. The minimum atomic E-state index is -1.20. The number of carboxylic acids is 1. The Morgan fingerprint density at radius 2 is 1.66 bits per heavy atom. The summed E-state index contributed by atoms with van der Waals surface area (Å²) in [6.07, 6.45) is 5.37. The van der Waals surface area contributed by atoms with E-state index in [4.69, 9.17) is 5.26 Å². The van der Waals surface area contributed by atoms with Gasteiger partial charge in [0, 0.05) is 46.3 Å². The summed E-state index contributed by atoms with van der Waals surface area (Å²) in [6, 6.07) is 27.0. The van der Waals surface area contributed by atoms with E-state index in [1.807, 2.05) is 34.8 Å². The van der Waals surface area contributed by atoms with Crippen molar-refractivity contribution < 1.29 is 9.90 Å². The third kappa shape index (κ3) is 4.62. The molecule has 0 radical (unpaired) electrons. The molecule has 44 heavy (non-hydrogen) atoms. The summed E-state index contributed by atoms with van der Waals surface area (Å²) in [4.78, 5) is 18.1. The second-order valence-electron chi connectivity index (χ2n) is 11.9. The average Bonchev–Trinajstić information content (AvgIpc) is 3.83. The molecule has 1 aliphatic carbocycles. The van der Waals surface area contributed by atoms with E-state index in [0.717, 1.165) is 15.7 Å². The quantitative estimate of drug-likeness (QED) is 0.149. The zero-order chi connectivity index (χ0) is 30.1. The zero-order valence-corrected chi connectivity index (χ0v) is 27.4. The molecular weight excluding hydrogens is 621 g/mol. The number of thiophene rings is 4. The lowest BCUT2D eigenvalue weighted by molar-refractivity contribution is -0.132. The van der Waals surface area contributed by atoms with Crippen LogP contribution in [0.25, 0.3) is 45.1 Å². The number of benzene rings is 2. The van der Waals surface area contributed by atoms with Gasteiger partial charge in [-0.2, -0.15) is 5.26 Å². The van der Waals surface area contributed by atoms with Crippen molar-refractivity contribution in [3.63, 3.8) is 0 Å². The lowest BCUT2D eigenvalue weighted by Crippen LogP contribution is -2.33. The molecule has 2 aromatic carbocycles. The highest BCUT2D eigenvalue weighted by Gasteiger charge is 2.38. The first-order chi connectivity index (χ1) is 21.4. The van der Waals surface area contributed by atoms with Crippen LogP contribution in [0.1, 0.15) is 48.1 Å². The average molecular weight is 649 g/mol. The summed E-state index contributed by atoms with van der Waals surface area (Å²) in [5.41, 5.74) is 6.51. The fourth-order valence-electron chi connectivity index (χ4n) is 6.98. The largest absolute Gasteiger partial charge is 0.477 e. The molecule has 4 aromatic heterocycles. The van der Waals surface area contributed by atoms with Gasteiger partial charge in [-0.05, 0) is 110 Å². The minimum absolute atomic E-state index is 0.251.